The van der Waals surface area contributed by atoms with Crippen molar-refractivity contribution in [2.75, 3.05) is 19.8 Å². The maximum atomic E-state index is 6.50. The fourth-order valence-corrected chi connectivity index (χ4v) is 8.76. The van der Waals surface area contributed by atoms with Gasteiger partial charge in [-0.05, 0) is 50.9 Å². The van der Waals surface area contributed by atoms with Crippen molar-refractivity contribution in [2.24, 2.45) is 0 Å². The summed E-state index contributed by atoms with van der Waals surface area (Å²) in [6, 6.07) is 5.21. The van der Waals surface area contributed by atoms with E-state index in [1.54, 1.807) is 0 Å². The summed E-state index contributed by atoms with van der Waals surface area (Å²) in [7, 11) is -2.47. The first-order chi connectivity index (χ1) is 11.2. The van der Waals surface area contributed by atoms with E-state index < -0.39 is 8.56 Å². The smallest absolute Gasteiger partial charge is 0.371 e. The van der Waals surface area contributed by atoms with Crippen molar-refractivity contribution in [1.29, 1.82) is 0 Å². The van der Waals surface area contributed by atoms with Gasteiger partial charge in [0.1, 0.15) is 5.22 Å². The monoisotopic (exact) mass is 337 g/mol. The molecule has 1 aromatic rings. The van der Waals surface area contributed by atoms with Crippen LogP contribution in [0.25, 0.3) is 0 Å². The summed E-state index contributed by atoms with van der Waals surface area (Å²) in [6.45, 7) is 10.5. The lowest BCUT2D eigenvalue weighted by Crippen LogP contribution is -2.68. The van der Waals surface area contributed by atoms with Crippen molar-refractivity contribution in [2.45, 2.75) is 64.1 Å². The van der Waals surface area contributed by atoms with E-state index in [0.717, 1.165) is 12.5 Å². The number of nitrogens with zero attached hydrogens (tertiary/aromatic N) is 1. The molecule has 5 heteroatoms. The molecule has 0 aromatic carbocycles. The molecule has 1 aliphatic heterocycles. The Labute approximate surface area is 141 Å². The van der Waals surface area contributed by atoms with Crippen LogP contribution in [-0.4, -0.2) is 38.6 Å². The Hall–Kier alpha value is -0.753. The Morgan fingerprint density at radius 2 is 1.74 bits per heavy atom. The largest absolute Gasteiger partial charge is 0.393 e. The maximum absolute atomic E-state index is 6.50. The number of hydrogen-bond donors (Lipinski definition) is 0. The SMILES string of the molecule is CCOC1(C(C)c2ccncc2)CCCC[Si]1(OCC)OCC. The predicted molar refractivity (Wildman–Crippen MR) is 94.7 cm³/mol. The summed E-state index contributed by atoms with van der Waals surface area (Å²) in [5, 5.41) is -0.326. The fraction of sp³-hybridized carbons (Fsp3) is 0.722. The van der Waals surface area contributed by atoms with Gasteiger partial charge in [-0.2, -0.15) is 0 Å². The molecule has 130 valence electrons. The number of rotatable bonds is 8. The molecule has 0 aliphatic carbocycles. The molecule has 1 saturated heterocycles. The van der Waals surface area contributed by atoms with Gasteiger partial charge < -0.3 is 13.6 Å². The molecule has 2 atom stereocenters. The highest BCUT2D eigenvalue weighted by atomic mass is 28.4. The third kappa shape index (κ3) is 3.53. The first kappa shape index (κ1) is 18.6. The predicted octanol–water partition coefficient (Wildman–Crippen LogP) is 4.20. The van der Waals surface area contributed by atoms with Gasteiger partial charge in [0.2, 0.25) is 0 Å². The molecule has 0 spiro atoms. The molecule has 0 N–H and O–H groups in total. The van der Waals surface area contributed by atoms with E-state index in [1.165, 1.54) is 18.4 Å². The van der Waals surface area contributed by atoms with Gasteiger partial charge in [-0.3, -0.25) is 4.98 Å². The molecule has 0 radical (unpaired) electrons. The van der Waals surface area contributed by atoms with Crippen LogP contribution in [0.4, 0.5) is 0 Å². The highest BCUT2D eigenvalue weighted by molar-refractivity contribution is 6.71. The Balaban J connectivity index is 2.48. The minimum Gasteiger partial charge on any atom is -0.393 e. The Morgan fingerprint density at radius 3 is 2.30 bits per heavy atom. The molecule has 1 aromatic heterocycles. The standard InChI is InChI=1S/C18H31NO3Si/c1-5-20-18(16(4)17-10-13-19-14-11-17)12-8-9-15-23(18,21-6-2)22-7-3/h10-11,13-14,16H,5-9,12,15H2,1-4H3. The Bertz CT molecular complexity index is 455. The van der Waals surface area contributed by atoms with Crippen molar-refractivity contribution >= 4 is 8.56 Å². The first-order valence-corrected chi connectivity index (χ1v) is 11.0. The summed E-state index contributed by atoms with van der Waals surface area (Å²) in [5.41, 5.74) is 1.26. The van der Waals surface area contributed by atoms with Crippen LogP contribution < -0.4 is 0 Å². The second-order valence-corrected chi connectivity index (χ2v) is 9.58. The topological polar surface area (TPSA) is 40.6 Å². The van der Waals surface area contributed by atoms with Crippen LogP contribution in [0.15, 0.2) is 24.5 Å². The molecule has 0 bridgehead atoms. The van der Waals surface area contributed by atoms with E-state index >= 15 is 0 Å². The molecule has 1 aliphatic rings. The first-order valence-electron chi connectivity index (χ1n) is 8.97. The van der Waals surface area contributed by atoms with E-state index in [9.17, 15) is 0 Å². The molecule has 1 fully saturated rings. The van der Waals surface area contributed by atoms with Crippen LogP contribution in [0.1, 0.15) is 58.4 Å². The molecule has 2 unspecified atom stereocenters. The summed E-state index contributed by atoms with van der Waals surface area (Å²) < 4.78 is 19.3. The minimum atomic E-state index is -2.47. The van der Waals surface area contributed by atoms with Gasteiger partial charge in [-0.15, -0.1) is 0 Å². The van der Waals surface area contributed by atoms with E-state index in [0.29, 0.717) is 19.8 Å². The summed E-state index contributed by atoms with van der Waals surface area (Å²) >= 11 is 0. The molecule has 2 rings (SSSR count). The second-order valence-electron chi connectivity index (χ2n) is 6.15. The van der Waals surface area contributed by atoms with Crippen molar-refractivity contribution in [3.8, 4) is 0 Å². The van der Waals surface area contributed by atoms with E-state index in [-0.39, 0.29) is 11.1 Å². The van der Waals surface area contributed by atoms with Crippen molar-refractivity contribution < 1.29 is 13.6 Å². The van der Waals surface area contributed by atoms with Gasteiger partial charge in [-0.25, -0.2) is 0 Å². The number of hydrogen-bond acceptors (Lipinski definition) is 4. The average Bonchev–Trinajstić information content (AvgIpc) is 2.58. The third-order valence-electron chi connectivity index (χ3n) is 5.01. The van der Waals surface area contributed by atoms with Crippen molar-refractivity contribution in [1.82, 2.24) is 4.98 Å². The van der Waals surface area contributed by atoms with Crippen LogP contribution in [0.2, 0.25) is 6.04 Å². The Morgan fingerprint density at radius 1 is 1.09 bits per heavy atom. The maximum Gasteiger partial charge on any atom is 0.371 e. The van der Waals surface area contributed by atoms with Gasteiger partial charge in [0, 0.05) is 38.1 Å². The van der Waals surface area contributed by atoms with E-state index in [2.05, 4.69) is 44.8 Å². The minimum absolute atomic E-state index is 0.232. The van der Waals surface area contributed by atoms with Gasteiger partial charge in [0.05, 0.1) is 0 Å². The zero-order valence-electron chi connectivity index (χ0n) is 15.0. The third-order valence-corrected chi connectivity index (χ3v) is 9.65. The molecule has 2 heterocycles. The molecule has 0 amide bonds. The number of ether oxygens (including phenoxy) is 1. The van der Waals surface area contributed by atoms with Crippen LogP contribution in [-0.2, 0) is 13.6 Å². The quantitative estimate of drug-likeness (QED) is 0.667. The zero-order valence-corrected chi connectivity index (χ0v) is 16.0. The van der Waals surface area contributed by atoms with Crippen molar-refractivity contribution in [3.63, 3.8) is 0 Å². The number of pyridine rings is 1. The zero-order chi connectivity index (χ0) is 16.8. The van der Waals surface area contributed by atoms with Crippen LogP contribution >= 0.6 is 0 Å². The molecule has 4 nitrogen and oxygen atoms in total. The normalized spacial score (nSPS) is 25.2. The highest BCUT2D eigenvalue weighted by Gasteiger charge is 2.62. The van der Waals surface area contributed by atoms with Crippen molar-refractivity contribution in [3.05, 3.63) is 30.1 Å². The van der Waals surface area contributed by atoms with E-state index in [1.807, 2.05) is 12.4 Å². The van der Waals surface area contributed by atoms with Crippen LogP contribution in [0.5, 0.6) is 0 Å². The second kappa shape index (κ2) is 8.38. The van der Waals surface area contributed by atoms with Gasteiger partial charge in [-0.1, -0.05) is 19.8 Å². The molecular formula is C18H31NO3Si. The Kier molecular flexibility index (Phi) is 6.77. The highest BCUT2D eigenvalue weighted by Crippen LogP contribution is 2.48. The molecular weight excluding hydrogens is 306 g/mol. The summed E-state index contributed by atoms with van der Waals surface area (Å²) in [5.74, 6) is 0.232. The molecule has 23 heavy (non-hydrogen) atoms. The van der Waals surface area contributed by atoms with Gasteiger partial charge >= 0.3 is 8.56 Å². The van der Waals surface area contributed by atoms with E-state index in [4.69, 9.17) is 13.6 Å². The van der Waals surface area contributed by atoms with Gasteiger partial charge in [0.25, 0.3) is 0 Å². The van der Waals surface area contributed by atoms with Gasteiger partial charge in [0.15, 0.2) is 0 Å². The average molecular weight is 338 g/mol. The van der Waals surface area contributed by atoms with Crippen LogP contribution in [0.3, 0.4) is 0 Å². The van der Waals surface area contributed by atoms with Crippen LogP contribution in [0, 0.1) is 0 Å². The molecule has 0 saturated carbocycles. The number of aromatic nitrogens is 1. The summed E-state index contributed by atoms with van der Waals surface area (Å²) in [6.07, 6.45) is 7.07. The summed E-state index contributed by atoms with van der Waals surface area (Å²) in [4.78, 5) is 4.16. The fourth-order valence-electron chi connectivity index (χ4n) is 4.08. The lowest BCUT2D eigenvalue weighted by Gasteiger charge is -2.52. The lowest BCUT2D eigenvalue weighted by molar-refractivity contribution is -0.0543. The lowest BCUT2D eigenvalue weighted by atomic mass is 9.91.